The second-order valence-corrected chi connectivity index (χ2v) is 4.03. The van der Waals surface area contributed by atoms with Crippen molar-refractivity contribution in [2.24, 2.45) is 0 Å². The Labute approximate surface area is 113 Å². The van der Waals surface area contributed by atoms with E-state index in [1.54, 1.807) is 18.2 Å². The van der Waals surface area contributed by atoms with Crippen molar-refractivity contribution in [3.63, 3.8) is 0 Å². The van der Waals surface area contributed by atoms with Crippen molar-refractivity contribution in [1.29, 1.82) is 0 Å². The molecule has 2 rings (SSSR count). The summed E-state index contributed by atoms with van der Waals surface area (Å²) in [7, 11) is 0. The van der Waals surface area contributed by atoms with Crippen molar-refractivity contribution >= 4 is 23.0 Å². The first kappa shape index (κ1) is 13.5. The van der Waals surface area contributed by atoms with Gasteiger partial charge in [0.05, 0.1) is 11.0 Å². The zero-order valence-corrected chi connectivity index (χ0v) is 10.2. The molecule has 0 bridgehead atoms. The third-order valence-corrected chi connectivity index (χ3v) is 2.50. The van der Waals surface area contributed by atoms with Crippen LogP contribution in [0.5, 0.6) is 0 Å². The first-order chi connectivity index (χ1) is 9.45. The SMILES string of the molecule is Nc1cccc(NC(=O)c2cc(F)cc([N+](=O)[O-])c2)c1. The van der Waals surface area contributed by atoms with Crippen molar-refractivity contribution in [2.75, 3.05) is 11.1 Å². The molecule has 102 valence electrons. The van der Waals surface area contributed by atoms with Gasteiger partial charge in [0.25, 0.3) is 11.6 Å². The number of benzene rings is 2. The molecule has 0 aliphatic rings. The second-order valence-electron chi connectivity index (χ2n) is 4.03. The van der Waals surface area contributed by atoms with E-state index in [0.717, 1.165) is 18.2 Å². The highest BCUT2D eigenvalue weighted by Crippen LogP contribution is 2.18. The number of non-ortho nitro benzene ring substituents is 1. The van der Waals surface area contributed by atoms with Crippen LogP contribution in [0.4, 0.5) is 21.5 Å². The number of amides is 1. The second kappa shape index (κ2) is 5.35. The van der Waals surface area contributed by atoms with Crippen LogP contribution in [0.25, 0.3) is 0 Å². The number of hydrogen-bond donors (Lipinski definition) is 2. The van der Waals surface area contributed by atoms with Gasteiger partial charge in [-0.05, 0) is 24.3 Å². The number of carbonyl (C=O) groups excluding carboxylic acids is 1. The quantitative estimate of drug-likeness (QED) is 0.511. The van der Waals surface area contributed by atoms with E-state index in [0.29, 0.717) is 11.4 Å². The number of anilines is 2. The molecular weight excluding hydrogens is 265 g/mol. The largest absolute Gasteiger partial charge is 0.399 e. The summed E-state index contributed by atoms with van der Waals surface area (Å²) < 4.78 is 13.2. The Morgan fingerprint density at radius 3 is 2.65 bits per heavy atom. The summed E-state index contributed by atoms with van der Waals surface area (Å²) in [6, 6.07) is 9.08. The van der Waals surface area contributed by atoms with E-state index < -0.39 is 22.3 Å². The number of nitro benzene ring substituents is 1. The van der Waals surface area contributed by atoms with Crippen molar-refractivity contribution in [3.05, 3.63) is 64.0 Å². The summed E-state index contributed by atoms with van der Waals surface area (Å²) in [6.45, 7) is 0. The molecule has 1 amide bonds. The summed E-state index contributed by atoms with van der Waals surface area (Å²) in [5.41, 5.74) is 5.81. The Balaban J connectivity index is 2.27. The topological polar surface area (TPSA) is 98.3 Å². The number of nitro groups is 1. The maximum Gasteiger partial charge on any atom is 0.273 e. The average molecular weight is 275 g/mol. The monoisotopic (exact) mass is 275 g/mol. The Bertz CT molecular complexity index is 688. The lowest BCUT2D eigenvalue weighted by Crippen LogP contribution is -2.12. The van der Waals surface area contributed by atoms with Gasteiger partial charge in [-0.2, -0.15) is 0 Å². The number of rotatable bonds is 3. The van der Waals surface area contributed by atoms with Crippen LogP contribution in [0.2, 0.25) is 0 Å². The van der Waals surface area contributed by atoms with E-state index in [1.807, 2.05) is 0 Å². The van der Waals surface area contributed by atoms with Crippen LogP contribution in [0.1, 0.15) is 10.4 Å². The molecule has 0 atom stereocenters. The smallest absolute Gasteiger partial charge is 0.273 e. The minimum absolute atomic E-state index is 0.140. The molecule has 0 aromatic heterocycles. The van der Waals surface area contributed by atoms with Crippen LogP contribution in [0, 0.1) is 15.9 Å². The number of nitrogen functional groups attached to an aromatic ring is 1. The molecule has 7 heteroatoms. The van der Waals surface area contributed by atoms with Crippen LogP contribution in [0.3, 0.4) is 0 Å². The van der Waals surface area contributed by atoms with Crippen molar-refractivity contribution < 1.29 is 14.1 Å². The summed E-state index contributed by atoms with van der Waals surface area (Å²) in [5.74, 6) is -1.50. The molecule has 0 fully saturated rings. The molecule has 0 heterocycles. The van der Waals surface area contributed by atoms with E-state index in [4.69, 9.17) is 5.73 Å². The summed E-state index contributed by atoms with van der Waals surface area (Å²) in [6.07, 6.45) is 0. The Morgan fingerprint density at radius 1 is 1.25 bits per heavy atom. The van der Waals surface area contributed by atoms with Crippen LogP contribution in [0.15, 0.2) is 42.5 Å². The van der Waals surface area contributed by atoms with Gasteiger partial charge in [-0.15, -0.1) is 0 Å². The van der Waals surface area contributed by atoms with Gasteiger partial charge < -0.3 is 11.1 Å². The van der Waals surface area contributed by atoms with Crippen molar-refractivity contribution in [2.45, 2.75) is 0 Å². The fourth-order valence-corrected chi connectivity index (χ4v) is 1.63. The fraction of sp³-hybridized carbons (Fsp3) is 0. The predicted molar refractivity (Wildman–Crippen MR) is 71.9 cm³/mol. The van der Waals surface area contributed by atoms with E-state index >= 15 is 0 Å². The first-order valence-corrected chi connectivity index (χ1v) is 5.57. The fourth-order valence-electron chi connectivity index (χ4n) is 1.63. The van der Waals surface area contributed by atoms with Crippen LogP contribution < -0.4 is 11.1 Å². The zero-order valence-electron chi connectivity index (χ0n) is 10.2. The average Bonchev–Trinajstić information content (AvgIpc) is 2.37. The first-order valence-electron chi connectivity index (χ1n) is 5.57. The molecule has 0 spiro atoms. The van der Waals surface area contributed by atoms with Gasteiger partial charge in [0, 0.05) is 23.0 Å². The number of hydrogen-bond acceptors (Lipinski definition) is 4. The number of nitrogens with one attached hydrogen (secondary N) is 1. The number of nitrogens with zero attached hydrogens (tertiary/aromatic N) is 1. The molecule has 0 saturated carbocycles. The zero-order chi connectivity index (χ0) is 14.7. The summed E-state index contributed by atoms with van der Waals surface area (Å²) in [5, 5.41) is 13.1. The number of halogens is 1. The van der Waals surface area contributed by atoms with Crippen LogP contribution in [-0.2, 0) is 0 Å². The van der Waals surface area contributed by atoms with Gasteiger partial charge in [0.15, 0.2) is 0 Å². The van der Waals surface area contributed by atoms with Gasteiger partial charge in [-0.25, -0.2) is 4.39 Å². The third-order valence-electron chi connectivity index (χ3n) is 2.50. The van der Waals surface area contributed by atoms with E-state index in [-0.39, 0.29) is 5.56 Å². The van der Waals surface area contributed by atoms with Gasteiger partial charge in [0.1, 0.15) is 5.82 Å². The Morgan fingerprint density at radius 2 is 2.00 bits per heavy atom. The minimum Gasteiger partial charge on any atom is -0.399 e. The lowest BCUT2D eigenvalue weighted by Gasteiger charge is -2.06. The van der Waals surface area contributed by atoms with Gasteiger partial charge in [-0.3, -0.25) is 14.9 Å². The van der Waals surface area contributed by atoms with Gasteiger partial charge in [-0.1, -0.05) is 6.07 Å². The van der Waals surface area contributed by atoms with Crippen LogP contribution >= 0.6 is 0 Å². The molecule has 6 nitrogen and oxygen atoms in total. The molecule has 0 saturated heterocycles. The summed E-state index contributed by atoms with van der Waals surface area (Å²) >= 11 is 0. The minimum atomic E-state index is -0.850. The molecule has 20 heavy (non-hydrogen) atoms. The Kier molecular flexibility index (Phi) is 3.60. The molecule has 2 aromatic carbocycles. The molecular formula is C13H10FN3O3. The van der Waals surface area contributed by atoms with Gasteiger partial charge in [0.2, 0.25) is 0 Å². The molecule has 0 unspecified atom stereocenters. The predicted octanol–water partition coefficient (Wildman–Crippen LogP) is 2.57. The third kappa shape index (κ3) is 3.08. The lowest BCUT2D eigenvalue weighted by atomic mass is 10.1. The molecule has 3 N–H and O–H groups in total. The number of carbonyl (C=O) groups is 1. The normalized spacial score (nSPS) is 10.1. The molecule has 0 aliphatic carbocycles. The molecule has 2 aromatic rings. The maximum atomic E-state index is 13.2. The summed E-state index contributed by atoms with van der Waals surface area (Å²) in [4.78, 5) is 21.8. The van der Waals surface area contributed by atoms with E-state index in [1.165, 1.54) is 6.07 Å². The van der Waals surface area contributed by atoms with Crippen molar-refractivity contribution in [1.82, 2.24) is 0 Å². The Hall–Kier alpha value is -2.96. The molecule has 0 radical (unpaired) electrons. The highest BCUT2D eigenvalue weighted by atomic mass is 19.1. The van der Waals surface area contributed by atoms with E-state index in [9.17, 15) is 19.3 Å². The van der Waals surface area contributed by atoms with Crippen molar-refractivity contribution in [3.8, 4) is 0 Å². The highest BCUT2D eigenvalue weighted by Gasteiger charge is 2.14. The maximum absolute atomic E-state index is 13.2. The van der Waals surface area contributed by atoms with E-state index in [2.05, 4.69) is 5.32 Å². The molecule has 0 aliphatic heterocycles. The standard InChI is InChI=1S/C13H10FN3O3/c14-9-4-8(5-12(6-9)17(19)20)13(18)16-11-3-1-2-10(15)7-11/h1-7H,15H2,(H,16,18). The van der Waals surface area contributed by atoms with Crippen LogP contribution in [-0.4, -0.2) is 10.8 Å². The number of nitrogens with two attached hydrogens (primary N) is 1. The van der Waals surface area contributed by atoms with Gasteiger partial charge >= 0.3 is 0 Å². The lowest BCUT2D eigenvalue weighted by molar-refractivity contribution is -0.385. The highest BCUT2D eigenvalue weighted by molar-refractivity contribution is 6.04.